The third-order valence-electron chi connectivity index (χ3n) is 6.20. The van der Waals surface area contributed by atoms with E-state index in [0.29, 0.717) is 11.5 Å². The topological polar surface area (TPSA) is 52.7 Å². The summed E-state index contributed by atoms with van der Waals surface area (Å²) in [6.07, 6.45) is 5.45. The molecule has 0 radical (unpaired) electrons. The number of hydrogen-bond acceptors (Lipinski definition) is 4. The lowest BCUT2D eigenvalue weighted by atomic mass is 9.66. The highest BCUT2D eigenvalue weighted by Crippen LogP contribution is 2.48. The summed E-state index contributed by atoms with van der Waals surface area (Å²) in [7, 11) is 0. The molecular weight excluding hydrogens is 334 g/mol. The van der Waals surface area contributed by atoms with Gasteiger partial charge in [0.15, 0.2) is 10.5 Å². The Morgan fingerprint density at radius 1 is 1.12 bits per heavy atom. The number of rotatable bonds is 1. The van der Waals surface area contributed by atoms with Crippen molar-refractivity contribution in [2.75, 3.05) is 11.4 Å². The second kappa shape index (κ2) is 5.27. The minimum Gasteiger partial charge on any atom is -0.367 e. The smallest absolute Gasteiger partial charge is 0.247 e. The van der Waals surface area contributed by atoms with Gasteiger partial charge in [0.1, 0.15) is 0 Å². The van der Waals surface area contributed by atoms with Crippen LogP contribution >= 0.6 is 12.2 Å². The predicted molar refractivity (Wildman–Crippen MR) is 98.2 cm³/mol. The van der Waals surface area contributed by atoms with Crippen molar-refractivity contribution in [2.45, 2.75) is 50.6 Å². The van der Waals surface area contributed by atoms with Crippen molar-refractivity contribution in [3.05, 3.63) is 29.8 Å². The van der Waals surface area contributed by atoms with E-state index >= 15 is 0 Å². The van der Waals surface area contributed by atoms with Crippen LogP contribution in [-0.4, -0.2) is 40.5 Å². The highest BCUT2D eigenvalue weighted by molar-refractivity contribution is 7.80. The van der Waals surface area contributed by atoms with Crippen LogP contribution in [0.4, 0.5) is 5.69 Å². The number of carbonyl (C=O) groups is 2. The molecule has 3 aliphatic heterocycles. The van der Waals surface area contributed by atoms with Gasteiger partial charge in [0.2, 0.25) is 11.8 Å². The van der Waals surface area contributed by atoms with E-state index in [2.05, 4.69) is 22.3 Å². The number of piperidine rings is 1. The molecule has 2 amide bonds. The van der Waals surface area contributed by atoms with Crippen molar-refractivity contribution < 1.29 is 9.59 Å². The van der Waals surface area contributed by atoms with Gasteiger partial charge in [-0.1, -0.05) is 18.2 Å². The second-order valence-corrected chi connectivity index (χ2v) is 8.03. The number of carbonyl (C=O) groups excluding carboxylic acids is 2. The van der Waals surface area contributed by atoms with E-state index in [1.807, 2.05) is 12.1 Å². The molecule has 3 fully saturated rings. The molecule has 25 heavy (non-hydrogen) atoms. The zero-order valence-corrected chi connectivity index (χ0v) is 14.8. The number of benzene rings is 1. The van der Waals surface area contributed by atoms with Gasteiger partial charge in [-0.3, -0.25) is 14.5 Å². The third kappa shape index (κ3) is 2.03. The highest BCUT2D eigenvalue weighted by atomic mass is 32.1. The molecule has 1 spiro atoms. The Labute approximate surface area is 152 Å². The van der Waals surface area contributed by atoms with Gasteiger partial charge in [-0.2, -0.15) is 0 Å². The Morgan fingerprint density at radius 3 is 2.72 bits per heavy atom. The summed E-state index contributed by atoms with van der Waals surface area (Å²) in [5.41, 5.74) is 1.23. The summed E-state index contributed by atoms with van der Waals surface area (Å²) >= 11 is 5.33. The van der Waals surface area contributed by atoms with Crippen molar-refractivity contribution in [2.24, 2.45) is 5.41 Å². The SMILES string of the molecule is O=C1NC(=S)N(C2CC2)C(=O)[C@@]12Cc1ccccc1N1CCCC[C@@H]12. The van der Waals surface area contributed by atoms with E-state index in [1.165, 1.54) is 5.69 Å². The Bertz CT molecular complexity index is 791. The summed E-state index contributed by atoms with van der Waals surface area (Å²) in [5.74, 6) is -0.277. The molecule has 0 aromatic heterocycles. The molecule has 130 valence electrons. The maximum Gasteiger partial charge on any atom is 0.247 e. The fraction of sp³-hybridized carbons (Fsp3) is 0.526. The predicted octanol–water partition coefficient (Wildman–Crippen LogP) is 1.99. The standard InChI is InChI=1S/C19H21N3O2S/c23-16-19(17(24)22(13-8-9-13)18(25)20-16)11-12-5-1-2-6-14(12)21-10-4-3-7-15(19)21/h1-2,5-6,13,15H,3-4,7-11H2,(H,20,23,25)/t15-,19-/m1/s1. The molecule has 1 N–H and O–H groups in total. The number of anilines is 1. The molecule has 0 bridgehead atoms. The van der Waals surface area contributed by atoms with E-state index in [1.54, 1.807) is 4.90 Å². The molecule has 6 heteroatoms. The van der Waals surface area contributed by atoms with Crippen molar-refractivity contribution >= 4 is 34.8 Å². The van der Waals surface area contributed by atoms with Gasteiger partial charge >= 0.3 is 0 Å². The zero-order valence-electron chi connectivity index (χ0n) is 14.0. The largest absolute Gasteiger partial charge is 0.367 e. The van der Waals surface area contributed by atoms with E-state index in [0.717, 1.165) is 44.2 Å². The normalized spacial score (nSPS) is 31.7. The Hall–Kier alpha value is -1.95. The Morgan fingerprint density at radius 2 is 1.92 bits per heavy atom. The van der Waals surface area contributed by atoms with Gasteiger partial charge in [-0.15, -0.1) is 0 Å². The molecule has 4 aliphatic rings. The van der Waals surface area contributed by atoms with Crippen molar-refractivity contribution in [1.29, 1.82) is 0 Å². The van der Waals surface area contributed by atoms with Gasteiger partial charge in [0, 0.05) is 18.3 Å². The van der Waals surface area contributed by atoms with Crippen LogP contribution in [-0.2, 0) is 16.0 Å². The molecule has 1 aromatic carbocycles. The highest BCUT2D eigenvalue weighted by Gasteiger charge is 2.62. The molecule has 2 atom stereocenters. The Balaban J connectivity index is 1.66. The maximum atomic E-state index is 13.6. The van der Waals surface area contributed by atoms with Crippen LogP contribution in [0, 0.1) is 5.41 Å². The lowest BCUT2D eigenvalue weighted by Gasteiger charge is -2.54. The molecule has 3 heterocycles. The van der Waals surface area contributed by atoms with E-state index < -0.39 is 5.41 Å². The Kier molecular flexibility index (Phi) is 3.23. The second-order valence-electron chi connectivity index (χ2n) is 7.65. The molecular formula is C19H21N3O2S. The van der Waals surface area contributed by atoms with Crippen molar-refractivity contribution in [1.82, 2.24) is 10.2 Å². The number of nitrogens with zero attached hydrogens (tertiary/aromatic N) is 2. The van der Waals surface area contributed by atoms with Crippen LogP contribution in [0.1, 0.15) is 37.7 Å². The van der Waals surface area contributed by atoms with Crippen LogP contribution in [0.3, 0.4) is 0 Å². The average molecular weight is 355 g/mol. The summed E-state index contributed by atoms with van der Waals surface area (Å²) in [6.45, 7) is 0.901. The van der Waals surface area contributed by atoms with E-state index in [4.69, 9.17) is 12.2 Å². The van der Waals surface area contributed by atoms with Crippen LogP contribution in [0.5, 0.6) is 0 Å². The lowest BCUT2D eigenvalue weighted by Crippen LogP contribution is -2.72. The van der Waals surface area contributed by atoms with Gasteiger partial charge in [0.25, 0.3) is 0 Å². The first-order chi connectivity index (χ1) is 12.1. The monoisotopic (exact) mass is 355 g/mol. The van der Waals surface area contributed by atoms with Crippen LogP contribution < -0.4 is 10.2 Å². The molecule has 5 nitrogen and oxygen atoms in total. The number of hydrogen-bond donors (Lipinski definition) is 1. The maximum absolute atomic E-state index is 13.6. The molecule has 1 aromatic rings. The fourth-order valence-electron chi connectivity index (χ4n) is 4.88. The minimum absolute atomic E-state index is 0.0739. The summed E-state index contributed by atoms with van der Waals surface area (Å²) in [4.78, 5) is 30.8. The van der Waals surface area contributed by atoms with Crippen molar-refractivity contribution in [3.8, 4) is 0 Å². The average Bonchev–Trinajstić information content (AvgIpc) is 3.45. The molecule has 5 rings (SSSR count). The first-order valence-electron chi connectivity index (χ1n) is 9.16. The number of amides is 2. The quantitative estimate of drug-likeness (QED) is 0.618. The fourth-order valence-corrected chi connectivity index (χ4v) is 5.20. The third-order valence-corrected chi connectivity index (χ3v) is 6.50. The number of thiocarbonyl (C=S) groups is 1. The summed E-state index contributed by atoms with van der Waals surface area (Å²) in [5, 5.41) is 3.17. The minimum atomic E-state index is -1.04. The zero-order chi connectivity index (χ0) is 17.2. The lowest BCUT2D eigenvalue weighted by molar-refractivity contribution is -0.153. The van der Waals surface area contributed by atoms with Gasteiger partial charge < -0.3 is 10.2 Å². The number of nitrogens with one attached hydrogen (secondary N) is 1. The first kappa shape index (κ1) is 15.3. The van der Waals surface area contributed by atoms with Crippen molar-refractivity contribution in [3.63, 3.8) is 0 Å². The number of fused-ring (bicyclic) bond motifs is 4. The molecule has 1 aliphatic carbocycles. The summed E-state index contributed by atoms with van der Waals surface area (Å²) in [6, 6.07) is 8.30. The van der Waals surface area contributed by atoms with Gasteiger partial charge in [-0.05, 0) is 62.4 Å². The first-order valence-corrected chi connectivity index (χ1v) is 9.57. The summed E-state index contributed by atoms with van der Waals surface area (Å²) < 4.78 is 0. The van der Waals surface area contributed by atoms with E-state index in [9.17, 15) is 9.59 Å². The van der Waals surface area contributed by atoms with Crippen LogP contribution in [0.2, 0.25) is 0 Å². The molecule has 1 saturated carbocycles. The molecule has 2 saturated heterocycles. The number of para-hydroxylation sites is 1. The van der Waals surface area contributed by atoms with Crippen LogP contribution in [0.15, 0.2) is 24.3 Å². The van der Waals surface area contributed by atoms with E-state index in [-0.39, 0.29) is 23.9 Å². The molecule has 0 unspecified atom stereocenters. The van der Waals surface area contributed by atoms with Crippen LogP contribution in [0.25, 0.3) is 0 Å². The van der Waals surface area contributed by atoms with Gasteiger partial charge in [0.05, 0.1) is 6.04 Å². The van der Waals surface area contributed by atoms with Gasteiger partial charge in [-0.25, -0.2) is 0 Å².